The zero-order valence-electron chi connectivity index (χ0n) is 15.2. The number of thioether (sulfide) groups is 1. The molecule has 0 bridgehead atoms. The van der Waals surface area contributed by atoms with Crippen LogP contribution in [0, 0.1) is 5.92 Å². The highest BCUT2D eigenvalue weighted by Crippen LogP contribution is 2.56. The maximum Gasteiger partial charge on any atom is 0.404 e. The molecule has 2 fully saturated rings. The molecular weight excluding hydrogens is 418 g/mol. The molecule has 0 spiro atoms. The zero-order valence-corrected chi connectivity index (χ0v) is 16.8. The van der Waals surface area contributed by atoms with Crippen LogP contribution in [0.1, 0.15) is 0 Å². The topological polar surface area (TPSA) is 160 Å². The third-order valence-electron chi connectivity index (χ3n) is 5.78. The number of rotatable bonds is 5. The summed E-state index contributed by atoms with van der Waals surface area (Å²) in [6, 6.07) is 0.0257. The molecule has 29 heavy (non-hydrogen) atoms. The summed E-state index contributed by atoms with van der Waals surface area (Å²) in [4.78, 5) is 44.1. The normalized spacial score (nSPS) is 32.4. The molecule has 0 aromatic carbocycles. The molecule has 0 unspecified atom stereocenters. The number of amides is 1. The Morgan fingerprint density at radius 3 is 2.93 bits per heavy atom. The van der Waals surface area contributed by atoms with Gasteiger partial charge in [-0.25, -0.2) is 9.78 Å². The van der Waals surface area contributed by atoms with Crippen molar-refractivity contribution in [2.75, 3.05) is 20.3 Å². The van der Waals surface area contributed by atoms with Gasteiger partial charge in [-0.1, -0.05) is 11.8 Å². The summed E-state index contributed by atoms with van der Waals surface area (Å²) >= 11 is 2.43. The number of hydrogen-bond acceptors (Lipinski definition) is 11. The van der Waals surface area contributed by atoms with Crippen LogP contribution in [0.25, 0.3) is 0 Å². The monoisotopic (exact) mass is 435 g/mol. The smallest absolute Gasteiger partial charge is 0.404 e. The van der Waals surface area contributed by atoms with E-state index in [9.17, 15) is 14.4 Å². The van der Waals surface area contributed by atoms with Crippen molar-refractivity contribution in [2.24, 2.45) is 17.4 Å². The molecule has 12 heteroatoms. The van der Waals surface area contributed by atoms with E-state index in [1.807, 2.05) is 4.90 Å². The average molecular weight is 435 g/mol. The van der Waals surface area contributed by atoms with E-state index in [1.165, 1.54) is 18.4 Å². The molecule has 1 amide bonds. The van der Waals surface area contributed by atoms with E-state index in [0.29, 0.717) is 10.9 Å². The van der Waals surface area contributed by atoms with Crippen molar-refractivity contribution in [3.8, 4) is 0 Å². The molecule has 152 valence electrons. The summed E-state index contributed by atoms with van der Waals surface area (Å²) in [6.07, 6.45) is 0.652. The molecule has 5 N–H and O–H groups in total. The number of fused-ring (bicyclic) bond motifs is 4. The fourth-order valence-electron chi connectivity index (χ4n) is 4.62. The lowest BCUT2D eigenvalue weighted by atomic mass is 9.84. The third kappa shape index (κ3) is 2.43. The molecule has 10 nitrogen and oxygen atoms in total. The van der Waals surface area contributed by atoms with Gasteiger partial charge in [-0.2, -0.15) is 0 Å². The number of hydrogen-bond donors (Lipinski definition) is 3. The van der Waals surface area contributed by atoms with Crippen LogP contribution in [-0.4, -0.2) is 65.6 Å². The number of methoxy groups -OCH3 is 1. The first kappa shape index (κ1) is 18.6. The van der Waals surface area contributed by atoms with E-state index in [-0.39, 0.29) is 46.3 Å². The highest BCUT2D eigenvalue weighted by molar-refractivity contribution is 8.05. The Labute approximate surface area is 173 Å². The number of ketones is 2. The van der Waals surface area contributed by atoms with E-state index in [0.717, 1.165) is 11.8 Å². The summed E-state index contributed by atoms with van der Waals surface area (Å²) in [6.45, 7) is 0.309. The van der Waals surface area contributed by atoms with E-state index in [2.05, 4.69) is 10.3 Å². The Kier molecular flexibility index (Phi) is 4.04. The van der Waals surface area contributed by atoms with Crippen molar-refractivity contribution in [3.05, 3.63) is 33.4 Å². The van der Waals surface area contributed by atoms with Gasteiger partial charge in [0, 0.05) is 36.8 Å². The molecular formula is C17H17N5O5S2. The molecule has 2 saturated heterocycles. The molecule has 4 atom stereocenters. The fraction of sp³-hybridized carbons (Fsp3) is 0.412. The van der Waals surface area contributed by atoms with Gasteiger partial charge in [0.1, 0.15) is 6.61 Å². The minimum Gasteiger partial charge on any atom is -0.449 e. The molecule has 0 saturated carbocycles. The summed E-state index contributed by atoms with van der Waals surface area (Å²) in [5.41, 5.74) is 10.6. The van der Waals surface area contributed by atoms with Crippen LogP contribution in [0.15, 0.2) is 37.8 Å². The predicted molar refractivity (Wildman–Crippen MR) is 102 cm³/mol. The first-order valence-corrected chi connectivity index (χ1v) is 10.5. The summed E-state index contributed by atoms with van der Waals surface area (Å²) in [5, 5.41) is 5.08. The van der Waals surface area contributed by atoms with E-state index in [4.69, 9.17) is 20.9 Å². The average Bonchev–Trinajstić information content (AvgIpc) is 3.05. The molecule has 5 rings (SSSR count). The number of Topliss-reactive ketones (excluding diaryl/α,β-unsaturated/α-hetero) is 2. The lowest BCUT2D eigenvalue weighted by Gasteiger charge is -2.39. The molecule has 1 aliphatic carbocycles. The van der Waals surface area contributed by atoms with Gasteiger partial charge < -0.3 is 31.2 Å². The maximum absolute atomic E-state index is 13.5. The van der Waals surface area contributed by atoms with Gasteiger partial charge in [-0.3, -0.25) is 9.59 Å². The molecule has 1 aromatic heterocycles. The Morgan fingerprint density at radius 2 is 2.28 bits per heavy atom. The highest BCUT2D eigenvalue weighted by Gasteiger charge is 2.72. The van der Waals surface area contributed by atoms with Gasteiger partial charge in [-0.15, -0.1) is 11.3 Å². The van der Waals surface area contributed by atoms with Crippen molar-refractivity contribution < 1.29 is 23.9 Å². The maximum atomic E-state index is 13.5. The third-order valence-corrected chi connectivity index (χ3v) is 7.77. The molecule has 4 heterocycles. The van der Waals surface area contributed by atoms with Crippen LogP contribution in [0.4, 0.5) is 4.79 Å². The standard InChI is InChI=1S/C17H17N5O5S2/c1-26-17-6(5-27-15(19)25)8-10(22(17)4-7-14(17)21-7)12(24)13(9(18)11(8)23)29-16-20-2-3-28-16/h2-3,6-7,14,21H,4-5,18H2,1H3,(H2,19,25)/t6-,7+,14+,17-/m1/s1. The van der Waals surface area contributed by atoms with Gasteiger partial charge >= 0.3 is 6.09 Å². The Balaban J connectivity index is 1.59. The minimum absolute atomic E-state index is 0.100. The Hall–Kier alpha value is -2.41. The quantitative estimate of drug-likeness (QED) is 0.408. The second-order valence-electron chi connectivity index (χ2n) is 7.06. The molecule has 4 aliphatic rings. The van der Waals surface area contributed by atoms with Crippen LogP contribution in [0.2, 0.25) is 0 Å². The summed E-state index contributed by atoms with van der Waals surface area (Å²) < 4.78 is 11.6. The van der Waals surface area contributed by atoms with Gasteiger partial charge in [0.25, 0.3) is 0 Å². The lowest BCUT2D eigenvalue weighted by molar-refractivity contribution is -0.137. The van der Waals surface area contributed by atoms with Crippen molar-refractivity contribution in [2.45, 2.75) is 22.1 Å². The van der Waals surface area contributed by atoms with Crippen molar-refractivity contribution in [3.63, 3.8) is 0 Å². The van der Waals surface area contributed by atoms with Crippen LogP contribution in [0.3, 0.4) is 0 Å². The van der Waals surface area contributed by atoms with Gasteiger partial charge in [-0.05, 0) is 0 Å². The number of ether oxygens (including phenoxy) is 2. The van der Waals surface area contributed by atoms with Crippen molar-refractivity contribution in [1.82, 2.24) is 15.2 Å². The molecule has 1 aromatic rings. The number of nitrogens with zero attached hydrogens (tertiary/aromatic N) is 2. The first-order valence-electron chi connectivity index (χ1n) is 8.81. The second-order valence-corrected chi connectivity index (χ2v) is 9.22. The first-order chi connectivity index (χ1) is 13.9. The van der Waals surface area contributed by atoms with Crippen LogP contribution < -0.4 is 16.8 Å². The van der Waals surface area contributed by atoms with E-state index >= 15 is 0 Å². The Morgan fingerprint density at radius 1 is 1.48 bits per heavy atom. The van der Waals surface area contributed by atoms with Crippen molar-refractivity contribution in [1.29, 1.82) is 0 Å². The number of nitrogens with one attached hydrogen (secondary N) is 1. The number of piperazine rings is 1. The van der Waals surface area contributed by atoms with Crippen LogP contribution in [0.5, 0.6) is 0 Å². The molecule has 3 aliphatic heterocycles. The Bertz CT molecular complexity index is 1010. The van der Waals surface area contributed by atoms with Crippen molar-refractivity contribution >= 4 is 40.8 Å². The number of primary amides is 1. The van der Waals surface area contributed by atoms with Crippen LogP contribution in [-0.2, 0) is 19.1 Å². The van der Waals surface area contributed by atoms with E-state index in [1.54, 1.807) is 11.6 Å². The number of carbonyl (C=O) groups excluding carboxylic acids is 3. The molecule has 0 radical (unpaired) electrons. The largest absolute Gasteiger partial charge is 0.449 e. The lowest BCUT2D eigenvalue weighted by Crippen LogP contribution is -2.55. The number of allylic oxidation sites excluding steroid dienone is 2. The highest BCUT2D eigenvalue weighted by atomic mass is 32.2. The second kappa shape index (κ2) is 6.29. The number of carbonyl (C=O) groups is 3. The summed E-state index contributed by atoms with van der Waals surface area (Å²) in [5.74, 6) is -1.50. The number of thiazole rings is 1. The number of aromatic nitrogens is 1. The minimum atomic E-state index is -1.02. The van der Waals surface area contributed by atoms with E-state index < -0.39 is 23.5 Å². The van der Waals surface area contributed by atoms with Gasteiger partial charge in [0.05, 0.1) is 28.3 Å². The fourth-order valence-corrected chi connectivity index (χ4v) is 6.27. The summed E-state index contributed by atoms with van der Waals surface area (Å²) in [7, 11) is 1.52. The van der Waals surface area contributed by atoms with Gasteiger partial charge in [0.15, 0.2) is 10.1 Å². The van der Waals surface area contributed by atoms with Crippen LogP contribution >= 0.6 is 23.1 Å². The van der Waals surface area contributed by atoms with Gasteiger partial charge in [0.2, 0.25) is 11.6 Å². The number of nitrogens with two attached hydrogens (primary N) is 2. The zero-order chi connectivity index (χ0) is 20.5. The SMILES string of the molecule is CO[C@@]12[C@H](COC(N)=O)C3=C(C(=O)C(Sc4nccs4)=C(N)C3=O)N1C[C@@H]1N[C@@H]12. The predicted octanol–water partition coefficient (Wildman–Crippen LogP) is -0.465.